The summed E-state index contributed by atoms with van der Waals surface area (Å²) in [5.41, 5.74) is 9.76. The molecule has 0 aromatic heterocycles. The average molecular weight is 232 g/mol. The molecule has 0 unspecified atom stereocenters. The molecule has 3 heteroatoms. The van der Waals surface area contributed by atoms with E-state index < -0.39 is 5.41 Å². The van der Waals surface area contributed by atoms with Crippen molar-refractivity contribution >= 4 is 11.6 Å². The largest absolute Gasteiger partial charge is 0.330 e. The van der Waals surface area contributed by atoms with Crippen LogP contribution in [0.2, 0.25) is 0 Å². The summed E-state index contributed by atoms with van der Waals surface area (Å²) in [6.07, 6.45) is 1.79. The zero-order valence-corrected chi connectivity index (χ0v) is 10.8. The second kappa shape index (κ2) is 4.15. The van der Waals surface area contributed by atoms with Gasteiger partial charge in [0, 0.05) is 5.69 Å². The van der Waals surface area contributed by atoms with Crippen LogP contribution in [-0.2, 0) is 23.1 Å². The first-order valence-electron chi connectivity index (χ1n) is 6.18. The summed E-state index contributed by atoms with van der Waals surface area (Å²) in [7, 11) is 0. The maximum Gasteiger partial charge on any atom is 0.234 e. The SMILES string of the molecule is CCc1cc(CCN)c2c(c1)C(C)(C)C(=O)N2. The molecule has 3 N–H and O–H groups in total. The van der Waals surface area contributed by atoms with Crippen LogP contribution >= 0.6 is 0 Å². The van der Waals surface area contributed by atoms with Gasteiger partial charge in [-0.25, -0.2) is 0 Å². The van der Waals surface area contributed by atoms with Gasteiger partial charge in [-0.15, -0.1) is 0 Å². The molecule has 2 rings (SSSR count). The van der Waals surface area contributed by atoms with Gasteiger partial charge >= 0.3 is 0 Å². The van der Waals surface area contributed by atoms with E-state index in [0.29, 0.717) is 6.54 Å². The molecule has 0 aliphatic carbocycles. The smallest absolute Gasteiger partial charge is 0.234 e. The molecule has 0 atom stereocenters. The number of carbonyl (C=O) groups excluding carboxylic acids is 1. The van der Waals surface area contributed by atoms with Gasteiger partial charge in [-0.3, -0.25) is 4.79 Å². The first kappa shape index (κ1) is 12.1. The average Bonchev–Trinajstić information content (AvgIpc) is 2.52. The lowest BCUT2D eigenvalue weighted by atomic mass is 9.84. The quantitative estimate of drug-likeness (QED) is 0.837. The fraction of sp³-hybridized carbons (Fsp3) is 0.500. The Balaban J connectivity index is 2.59. The van der Waals surface area contributed by atoms with Gasteiger partial charge in [-0.1, -0.05) is 19.1 Å². The Morgan fingerprint density at radius 3 is 2.65 bits per heavy atom. The molecular formula is C14H20N2O. The molecule has 0 saturated heterocycles. The van der Waals surface area contributed by atoms with E-state index in [1.54, 1.807) is 0 Å². The molecule has 0 bridgehead atoms. The summed E-state index contributed by atoms with van der Waals surface area (Å²) in [5, 5.41) is 3.00. The third-order valence-electron chi connectivity index (χ3n) is 3.58. The first-order chi connectivity index (χ1) is 8.00. The summed E-state index contributed by atoms with van der Waals surface area (Å²) < 4.78 is 0. The first-order valence-corrected chi connectivity index (χ1v) is 6.18. The minimum atomic E-state index is -0.427. The molecule has 1 aromatic carbocycles. The number of anilines is 1. The summed E-state index contributed by atoms with van der Waals surface area (Å²) in [6.45, 7) is 6.68. The molecule has 1 amide bonds. The Morgan fingerprint density at radius 2 is 2.06 bits per heavy atom. The van der Waals surface area contributed by atoms with Gasteiger partial charge in [0.2, 0.25) is 5.91 Å². The molecule has 0 radical (unpaired) electrons. The maximum absolute atomic E-state index is 12.0. The van der Waals surface area contributed by atoms with Crippen molar-refractivity contribution in [3.63, 3.8) is 0 Å². The number of rotatable bonds is 3. The van der Waals surface area contributed by atoms with E-state index in [1.165, 1.54) is 11.1 Å². The number of fused-ring (bicyclic) bond motifs is 1. The van der Waals surface area contributed by atoms with Crippen molar-refractivity contribution in [3.8, 4) is 0 Å². The topological polar surface area (TPSA) is 55.1 Å². The summed E-state index contributed by atoms with van der Waals surface area (Å²) in [5.74, 6) is 0.0824. The third-order valence-corrected chi connectivity index (χ3v) is 3.58. The van der Waals surface area contributed by atoms with Crippen LogP contribution in [0.4, 0.5) is 5.69 Å². The van der Waals surface area contributed by atoms with Gasteiger partial charge < -0.3 is 11.1 Å². The summed E-state index contributed by atoms with van der Waals surface area (Å²) in [6, 6.07) is 4.31. The fourth-order valence-electron chi connectivity index (χ4n) is 2.36. The van der Waals surface area contributed by atoms with Crippen molar-refractivity contribution in [2.24, 2.45) is 5.73 Å². The van der Waals surface area contributed by atoms with Gasteiger partial charge in [0.1, 0.15) is 0 Å². The molecule has 17 heavy (non-hydrogen) atoms. The summed E-state index contributed by atoms with van der Waals surface area (Å²) >= 11 is 0. The van der Waals surface area contributed by atoms with Crippen LogP contribution in [-0.4, -0.2) is 12.5 Å². The Kier molecular flexibility index (Phi) is 2.96. The van der Waals surface area contributed by atoms with Crippen molar-refractivity contribution in [1.82, 2.24) is 0 Å². The van der Waals surface area contributed by atoms with Gasteiger partial charge in [-0.05, 0) is 49.9 Å². The van der Waals surface area contributed by atoms with E-state index in [1.807, 2.05) is 13.8 Å². The van der Waals surface area contributed by atoms with E-state index >= 15 is 0 Å². The van der Waals surface area contributed by atoms with E-state index in [-0.39, 0.29) is 5.91 Å². The normalized spacial score (nSPS) is 16.8. The van der Waals surface area contributed by atoms with Crippen molar-refractivity contribution in [3.05, 3.63) is 28.8 Å². The maximum atomic E-state index is 12.0. The molecule has 0 fully saturated rings. The number of nitrogens with one attached hydrogen (secondary N) is 1. The third kappa shape index (κ3) is 1.84. The molecule has 1 aliphatic rings. The zero-order chi connectivity index (χ0) is 12.6. The monoisotopic (exact) mass is 232 g/mol. The zero-order valence-electron chi connectivity index (χ0n) is 10.8. The Morgan fingerprint density at radius 1 is 1.35 bits per heavy atom. The van der Waals surface area contributed by atoms with E-state index in [2.05, 4.69) is 24.4 Å². The molecule has 1 aromatic rings. The van der Waals surface area contributed by atoms with Crippen LogP contribution in [0.25, 0.3) is 0 Å². The number of carbonyl (C=O) groups is 1. The molecule has 92 valence electrons. The molecule has 1 aliphatic heterocycles. The highest BCUT2D eigenvalue weighted by Crippen LogP contribution is 2.40. The van der Waals surface area contributed by atoms with Crippen molar-refractivity contribution in [2.75, 3.05) is 11.9 Å². The van der Waals surface area contributed by atoms with Crippen molar-refractivity contribution in [1.29, 1.82) is 0 Å². The molecule has 0 spiro atoms. The predicted octanol–water partition coefficient (Wildman–Crippen LogP) is 1.98. The fourth-order valence-corrected chi connectivity index (χ4v) is 2.36. The highest BCUT2D eigenvalue weighted by molar-refractivity contribution is 6.06. The van der Waals surface area contributed by atoms with Crippen LogP contribution in [0.15, 0.2) is 12.1 Å². The Labute approximate surface area is 102 Å². The lowest BCUT2D eigenvalue weighted by Crippen LogP contribution is -2.26. The van der Waals surface area contributed by atoms with Gasteiger partial charge in [0.25, 0.3) is 0 Å². The number of hydrogen-bond acceptors (Lipinski definition) is 2. The van der Waals surface area contributed by atoms with Crippen LogP contribution in [0.5, 0.6) is 0 Å². The predicted molar refractivity (Wildman–Crippen MR) is 70.2 cm³/mol. The van der Waals surface area contributed by atoms with Gasteiger partial charge in [-0.2, -0.15) is 0 Å². The molecule has 3 nitrogen and oxygen atoms in total. The lowest BCUT2D eigenvalue weighted by Gasteiger charge is -2.17. The number of benzene rings is 1. The Bertz CT molecular complexity index is 464. The number of aryl methyl sites for hydroxylation is 1. The lowest BCUT2D eigenvalue weighted by molar-refractivity contribution is -0.119. The van der Waals surface area contributed by atoms with Gasteiger partial charge in [0.15, 0.2) is 0 Å². The second-order valence-electron chi connectivity index (χ2n) is 5.15. The highest BCUT2D eigenvalue weighted by atomic mass is 16.2. The molecule has 0 saturated carbocycles. The standard InChI is InChI=1S/C14H20N2O/c1-4-9-7-10(5-6-15)12-11(8-9)14(2,3)13(17)16-12/h7-8H,4-6,15H2,1-3H3,(H,16,17). The number of nitrogens with two attached hydrogens (primary N) is 1. The number of amides is 1. The minimum Gasteiger partial charge on any atom is -0.330 e. The van der Waals surface area contributed by atoms with Crippen molar-refractivity contribution in [2.45, 2.75) is 39.0 Å². The van der Waals surface area contributed by atoms with Gasteiger partial charge in [0.05, 0.1) is 5.41 Å². The van der Waals surface area contributed by atoms with Crippen LogP contribution in [0.1, 0.15) is 37.5 Å². The Hall–Kier alpha value is -1.35. The highest BCUT2D eigenvalue weighted by Gasteiger charge is 2.39. The number of hydrogen-bond donors (Lipinski definition) is 2. The van der Waals surface area contributed by atoms with E-state index in [0.717, 1.165) is 24.1 Å². The summed E-state index contributed by atoms with van der Waals surface area (Å²) in [4.78, 5) is 12.0. The second-order valence-corrected chi connectivity index (χ2v) is 5.15. The minimum absolute atomic E-state index is 0.0824. The van der Waals surface area contributed by atoms with E-state index in [4.69, 9.17) is 5.73 Å². The van der Waals surface area contributed by atoms with Crippen LogP contribution in [0, 0.1) is 0 Å². The molecule has 1 heterocycles. The van der Waals surface area contributed by atoms with Crippen LogP contribution < -0.4 is 11.1 Å². The molecular weight excluding hydrogens is 212 g/mol. The van der Waals surface area contributed by atoms with E-state index in [9.17, 15) is 4.79 Å². The van der Waals surface area contributed by atoms with Crippen LogP contribution in [0.3, 0.4) is 0 Å². The van der Waals surface area contributed by atoms with Crippen molar-refractivity contribution < 1.29 is 4.79 Å².